The molecule has 1 N–H and O–H groups in total. The summed E-state index contributed by atoms with van der Waals surface area (Å²) in [5.74, 6) is 0.195. The molecule has 0 bridgehead atoms. The third kappa shape index (κ3) is 4.48. The van der Waals surface area contributed by atoms with Crippen LogP contribution in [-0.2, 0) is 4.79 Å². The maximum atomic E-state index is 12.6. The number of anilines is 2. The van der Waals surface area contributed by atoms with E-state index in [-0.39, 0.29) is 24.4 Å². The molecule has 1 saturated heterocycles. The Morgan fingerprint density at radius 1 is 1.24 bits per heavy atom. The molecule has 0 atom stereocenters. The van der Waals surface area contributed by atoms with Crippen LogP contribution in [0.3, 0.4) is 0 Å². The molecule has 1 fully saturated rings. The Balaban J connectivity index is 1.60. The van der Waals surface area contributed by atoms with Gasteiger partial charge in [-0.15, -0.1) is 0 Å². The van der Waals surface area contributed by atoms with Crippen LogP contribution < -0.4 is 15.0 Å². The summed E-state index contributed by atoms with van der Waals surface area (Å²) >= 11 is 1.12. The summed E-state index contributed by atoms with van der Waals surface area (Å²) in [4.78, 5) is 46.4. The summed E-state index contributed by atoms with van der Waals surface area (Å²) in [5.41, 5.74) is 1.31. The van der Waals surface area contributed by atoms with Crippen LogP contribution in [0.15, 0.2) is 24.3 Å². The molecule has 0 radical (unpaired) electrons. The average molecular weight is 417 g/mol. The summed E-state index contributed by atoms with van der Waals surface area (Å²) in [6, 6.07) is 6.96. The van der Waals surface area contributed by atoms with Crippen LogP contribution in [0.25, 0.3) is 0 Å². The number of urea groups is 1. The highest BCUT2D eigenvalue weighted by Crippen LogP contribution is 2.25. The van der Waals surface area contributed by atoms with Crippen molar-refractivity contribution in [2.45, 2.75) is 6.92 Å². The van der Waals surface area contributed by atoms with Gasteiger partial charge in [0, 0.05) is 32.9 Å². The van der Waals surface area contributed by atoms with Gasteiger partial charge in [0.1, 0.15) is 17.2 Å². The van der Waals surface area contributed by atoms with Crippen molar-refractivity contribution in [3.05, 3.63) is 34.8 Å². The minimum Gasteiger partial charge on any atom is -0.497 e. The number of carbonyl (C=O) groups excluding carboxylic acids is 3. The molecule has 1 aliphatic rings. The summed E-state index contributed by atoms with van der Waals surface area (Å²) in [5, 5.41) is 3.03. The van der Waals surface area contributed by atoms with Crippen molar-refractivity contribution < 1.29 is 19.1 Å². The number of hydrogen-bond donors (Lipinski definition) is 1. The molecule has 154 valence electrons. The van der Waals surface area contributed by atoms with E-state index >= 15 is 0 Å². The van der Waals surface area contributed by atoms with Gasteiger partial charge in [0.15, 0.2) is 5.13 Å². The van der Waals surface area contributed by atoms with E-state index in [0.717, 1.165) is 17.0 Å². The Bertz CT molecular complexity index is 925. The molecule has 2 aromatic rings. The number of aryl methyl sites for hydroxylation is 1. The maximum absolute atomic E-state index is 12.6. The van der Waals surface area contributed by atoms with Crippen LogP contribution in [0.1, 0.15) is 15.4 Å². The van der Waals surface area contributed by atoms with Crippen molar-refractivity contribution in [3.8, 4) is 5.75 Å². The van der Waals surface area contributed by atoms with E-state index in [4.69, 9.17) is 4.74 Å². The van der Waals surface area contributed by atoms with Crippen LogP contribution in [0, 0.1) is 6.92 Å². The number of nitrogens with one attached hydrogen (secondary N) is 1. The molecule has 9 nitrogen and oxygen atoms in total. The van der Waals surface area contributed by atoms with Gasteiger partial charge in [0.2, 0.25) is 5.91 Å². The molecule has 10 heteroatoms. The number of benzene rings is 1. The molecule has 0 spiro atoms. The molecule has 1 aliphatic heterocycles. The largest absolute Gasteiger partial charge is 0.497 e. The minimum absolute atomic E-state index is 0.0823. The highest BCUT2D eigenvalue weighted by molar-refractivity contribution is 7.17. The van der Waals surface area contributed by atoms with E-state index in [9.17, 15) is 14.4 Å². The summed E-state index contributed by atoms with van der Waals surface area (Å²) in [6.45, 7) is 2.58. The van der Waals surface area contributed by atoms with Crippen molar-refractivity contribution in [2.24, 2.45) is 0 Å². The second kappa shape index (κ2) is 8.48. The van der Waals surface area contributed by atoms with E-state index in [1.54, 1.807) is 45.2 Å². The minimum atomic E-state index is -0.354. The standard InChI is InChI=1S/C19H23N5O4S/c1-12-16(17(26)22(2)3)29-18(20-12)21-15(25)11-23-9-10-24(19(23)27)13-5-7-14(28-4)8-6-13/h5-8H,9-11H2,1-4H3,(H,20,21,25). The third-order valence-corrected chi connectivity index (χ3v) is 5.52. The number of methoxy groups -OCH3 is 1. The molecule has 2 heterocycles. The summed E-state index contributed by atoms with van der Waals surface area (Å²) in [6.07, 6.45) is 0. The molecule has 29 heavy (non-hydrogen) atoms. The predicted octanol–water partition coefficient (Wildman–Crippen LogP) is 2.04. The van der Waals surface area contributed by atoms with Crippen molar-refractivity contribution in [3.63, 3.8) is 0 Å². The van der Waals surface area contributed by atoms with E-state index in [0.29, 0.717) is 34.5 Å². The normalized spacial score (nSPS) is 13.6. The lowest BCUT2D eigenvalue weighted by molar-refractivity contribution is -0.116. The monoisotopic (exact) mass is 417 g/mol. The Kier molecular flexibility index (Phi) is 6.02. The zero-order chi connectivity index (χ0) is 21.1. The van der Waals surface area contributed by atoms with Gasteiger partial charge >= 0.3 is 6.03 Å². The van der Waals surface area contributed by atoms with Gasteiger partial charge in [0.25, 0.3) is 5.91 Å². The quantitative estimate of drug-likeness (QED) is 0.776. The fourth-order valence-corrected chi connectivity index (χ4v) is 3.92. The lowest BCUT2D eigenvalue weighted by Gasteiger charge is -2.18. The first kappa shape index (κ1) is 20.6. The number of aromatic nitrogens is 1. The van der Waals surface area contributed by atoms with E-state index < -0.39 is 0 Å². The van der Waals surface area contributed by atoms with Crippen molar-refractivity contribution in [1.82, 2.24) is 14.8 Å². The van der Waals surface area contributed by atoms with Gasteiger partial charge in [-0.3, -0.25) is 14.5 Å². The molecule has 0 saturated carbocycles. The number of rotatable bonds is 6. The van der Waals surface area contributed by atoms with Crippen LogP contribution in [-0.4, -0.2) is 73.5 Å². The fraction of sp³-hybridized carbons (Fsp3) is 0.368. The molecule has 3 rings (SSSR count). The van der Waals surface area contributed by atoms with Gasteiger partial charge in [-0.25, -0.2) is 9.78 Å². The third-order valence-electron chi connectivity index (χ3n) is 4.46. The van der Waals surface area contributed by atoms with Crippen LogP contribution in [0.2, 0.25) is 0 Å². The smallest absolute Gasteiger partial charge is 0.325 e. The number of thiazole rings is 1. The van der Waals surface area contributed by atoms with Gasteiger partial charge in [0.05, 0.1) is 12.8 Å². The van der Waals surface area contributed by atoms with Crippen LogP contribution in [0.5, 0.6) is 5.75 Å². The van der Waals surface area contributed by atoms with Gasteiger partial charge < -0.3 is 19.9 Å². The number of nitrogens with zero attached hydrogens (tertiary/aromatic N) is 4. The predicted molar refractivity (Wildman–Crippen MR) is 111 cm³/mol. The van der Waals surface area contributed by atoms with E-state index in [1.807, 2.05) is 12.1 Å². The van der Waals surface area contributed by atoms with E-state index in [2.05, 4.69) is 10.3 Å². The molecule has 4 amide bonds. The van der Waals surface area contributed by atoms with E-state index in [1.165, 1.54) is 9.80 Å². The lowest BCUT2D eigenvalue weighted by Crippen LogP contribution is -2.37. The molecule has 0 aliphatic carbocycles. The maximum Gasteiger partial charge on any atom is 0.325 e. The van der Waals surface area contributed by atoms with Gasteiger partial charge in [-0.2, -0.15) is 0 Å². The summed E-state index contributed by atoms with van der Waals surface area (Å²) < 4.78 is 5.13. The SMILES string of the molecule is COc1ccc(N2CCN(CC(=O)Nc3nc(C)c(C(=O)N(C)C)s3)C2=O)cc1. The lowest BCUT2D eigenvalue weighted by atomic mass is 10.3. The zero-order valence-electron chi connectivity index (χ0n) is 16.8. The Morgan fingerprint density at radius 2 is 1.93 bits per heavy atom. The number of amides is 4. The highest BCUT2D eigenvalue weighted by atomic mass is 32.1. The first-order valence-electron chi connectivity index (χ1n) is 8.99. The van der Waals surface area contributed by atoms with Crippen molar-refractivity contribution >= 4 is 40.0 Å². The molecule has 0 unspecified atom stereocenters. The van der Waals surface area contributed by atoms with Gasteiger partial charge in [-0.05, 0) is 31.2 Å². The van der Waals surface area contributed by atoms with Gasteiger partial charge in [-0.1, -0.05) is 11.3 Å². The second-order valence-electron chi connectivity index (χ2n) is 6.74. The molecular weight excluding hydrogens is 394 g/mol. The fourth-order valence-electron chi connectivity index (χ4n) is 2.91. The Hall–Kier alpha value is -3.14. The first-order chi connectivity index (χ1) is 13.8. The number of ether oxygens (including phenoxy) is 1. The van der Waals surface area contributed by atoms with Crippen molar-refractivity contribution in [1.29, 1.82) is 0 Å². The topological polar surface area (TPSA) is 95.1 Å². The number of carbonyl (C=O) groups is 3. The second-order valence-corrected chi connectivity index (χ2v) is 7.73. The first-order valence-corrected chi connectivity index (χ1v) is 9.81. The zero-order valence-corrected chi connectivity index (χ0v) is 17.6. The molecule has 1 aromatic heterocycles. The Morgan fingerprint density at radius 3 is 2.55 bits per heavy atom. The number of hydrogen-bond acceptors (Lipinski definition) is 6. The van der Waals surface area contributed by atoms with Crippen LogP contribution >= 0.6 is 11.3 Å². The van der Waals surface area contributed by atoms with Crippen LogP contribution in [0.4, 0.5) is 15.6 Å². The molecule has 1 aromatic carbocycles. The highest BCUT2D eigenvalue weighted by Gasteiger charge is 2.31. The molecular formula is C19H23N5O4S. The summed E-state index contributed by atoms with van der Waals surface area (Å²) in [7, 11) is 4.90. The average Bonchev–Trinajstić information content (AvgIpc) is 3.23. The Labute approximate surface area is 172 Å². The van der Waals surface area contributed by atoms with Crippen molar-refractivity contribution in [2.75, 3.05) is 51.1 Å².